The van der Waals surface area contributed by atoms with Gasteiger partial charge in [-0.25, -0.2) is 0 Å². The van der Waals surface area contributed by atoms with Crippen LogP contribution in [0, 0.1) is 5.41 Å². The molecule has 0 aromatic rings. The van der Waals surface area contributed by atoms with Gasteiger partial charge in [-0.2, -0.15) is 0 Å². The summed E-state index contributed by atoms with van der Waals surface area (Å²) in [5.74, 6) is 0. The smallest absolute Gasteiger partial charge is 0.0480 e. The summed E-state index contributed by atoms with van der Waals surface area (Å²) >= 11 is 0. The molecule has 0 aromatic heterocycles. The first-order valence-corrected chi connectivity index (χ1v) is 5.95. The van der Waals surface area contributed by atoms with Gasteiger partial charge in [0.25, 0.3) is 0 Å². The Hall–Kier alpha value is -0.120. The second kappa shape index (κ2) is 5.28. The number of hydrogen-bond acceptors (Lipinski definition) is 3. The molecule has 1 aliphatic rings. The van der Waals surface area contributed by atoms with Gasteiger partial charge >= 0.3 is 0 Å². The van der Waals surface area contributed by atoms with E-state index >= 15 is 0 Å². The molecule has 0 saturated carbocycles. The van der Waals surface area contributed by atoms with Crippen molar-refractivity contribution in [3.05, 3.63) is 0 Å². The number of ether oxygens (including phenoxy) is 1. The maximum absolute atomic E-state index is 6.19. The van der Waals surface area contributed by atoms with Crippen LogP contribution in [0.5, 0.6) is 0 Å². The van der Waals surface area contributed by atoms with Crippen LogP contribution in [0.4, 0.5) is 0 Å². The van der Waals surface area contributed by atoms with Gasteiger partial charge < -0.3 is 15.4 Å². The molecule has 15 heavy (non-hydrogen) atoms. The van der Waals surface area contributed by atoms with Crippen molar-refractivity contribution in [1.29, 1.82) is 0 Å². The molecule has 1 unspecified atom stereocenters. The Morgan fingerprint density at radius 1 is 1.33 bits per heavy atom. The Labute approximate surface area is 94.0 Å². The number of nitrogens with two attached hydrogens (primary N) is 1. The van der Waals surface area contributed by atoms with E-state index in [2.05, 4.69) is 32.7 Å². The Balaban J connectivity index is 2.36. The largest absolute Gasteiger partial charge is 0.381 e. The van der Waals surface area contributed by atoms with E-state index in [9.17, 15) is 0 Å². The second-order valence-corrected chi connectivity index (χ2v) is 5.76. The first-order chi connectivity index (χ1) is 6.91. The summed E-state index contributed by atoms with van der Waals surface area (Å²) in [6.07, 6.45) is 2.29. The van der Waals surface area contributed by atoms with Crippen molar-refractivity contribution in [2.45, 2.75) is 45.7 Å². The molecule has 3 nitrogen and oxygen atoms in total. The first-order valence-electron chi connectivity index (χ1n) is 5.95. The van der Waals surface area contributed by atoms with Crippen molar-refractivity contribution in [3.63, 3.8) is 0 Å². The van der Waals surface area contributed by atoms with Crippen LogP contribution in [0.15, 0.2) is 0 Å². The number of likely N-dealkylation sites (N-methyl/N-ethyl adjacent to an activating group) is 1. The number of hydrogen-bond donors (Lipinski definition) is 1. The molecule has 1 aliphatic heterocycles. The maximum atomic E-state index is 6.19. The topological polar surface area (TPSA) is 38.5 Å². The molecule has 3 heteroatoms. The van der Waals surface area contributed by atoms with E-state index in [-0.39, 0.29) is 11.5 Å². The van der Waals surface area contributed by atoms with E-state index in [4.69, 9.17) is 10.5 Å². The quantitative estimate of drug-likeness (QED) is 0.773. The van der Waals surface area contributed by atoms with Gasteiger partial charge in [-0.15, -0.1) is 0 Å². The third-order valence-corrected chi connectivity index (χ3v) is 3.41. The molecule has 0 bridgehead atoms. The van der Waals surface area contributed by atoms with Crippen LogP contribution in [0.1, 0.15) is 33.6 Å². The lowest BCUT2D eigenvalue weighted by Crippen LogP contribution is -2.48. The summed E-state index contributed by atoms with van der Waals surface area (Å²) in [6, 6.07) is 0.900. The highest BCUT2D eigenvalue weighted by atomic mass is 16.5. The van der Waals surface area contributed by atoms with Crippen molar-refractivity contribution in [2.75, 3.05) is 26.8 Å². The van der Waals surface area contributed by atoms with Crippen molar-refractivity contribution >= 4 is 0 Å². The lowest BCUT2D eigenvalue weighted by atomic mass is 9.87. The molecule has 1 heterocycles. The Morgan fingerprint density at radius 2 is 1.87 bits per heavy atom. The summed E-state index contributed by atoms with van der Waals surface area (Å²) in [5.41, 5.74) is 6.38. The van der Waals surface area contributed by atoms with Crippen molar-refractivity contribution in [2.24, 2.45) is 11.1 Å². The minimum Gasteiger partial charge on any atom is -0.381 e. The average Bonchev–Trinajstić information content (AvgIpc) is 2.17. The lowest BCUT2D eigenvalue weighted by Gasteiger charge is -2.36. The molecular weight excluding hydrogens is 188 g/mol. The Bertz CT molecular complexity index is 183. The molecule has 2 N–H and O–H groups in total. The number of rotatable bonds is 3. The molecule has 1 rings (SSSR count). The van der Waals surface area contributed by atoms with Crippen LogP contribution >= 0.6 is 0 Å². The van der Waals surface area contributed by atoms with E-state index < -0.39 is 0 Å². The minimum atomic E-state index is 0.194. The van der Waals surface area contributed by atoms with Crippen molar-refractivity contribution in [3.8, 4) is 0 Å². The molecule has 90 valence electrons. The van der Waals surface area contributed by atoms with Gasteiger partial charge in [0.2, 0.25) is 0 Å². The summed E-state index contributed by atoms with van der Waals surface area (Å²) < 4.78 is 5.36. The summed E-state index contributed by atoms with van der Waals surface area (Å²) in [7, 11) is 2.18. The lowest BCUT2D eigenvalue weighted by molar-refractivity contribution is 0.0375. The molecule has 0 aromatic carbocycles. The van der Waals surface area contributed by atoms with Crippen LogP contribution in [-0.2, 0) is 4.74 Å². The maximum Gasteiger partial charge on any atom is 0.0480 e. The molecule has 1 atom stereocenters. The minimum absolute atomic E-state index is 0.194. The van der Waals surface area contributed by atoms with Gasteiger partial charge in [-0.05, 0) is 25.3 Å². The third-order valence-electron chi connectivity index (χ3n) is 3.41. The van der Waals surface area contributed by atoms with Crippen LogP contribution in [0.25, 0.3) is 0 Å². The van der Waals surface area contributed by atoms with E-state index in [0.29, 0.717) is 6.04 Å². The molecule has 0 radical (unpaired) electrons. The SMILES string of the molecule is CN(CC(N)C(C)(C)C)C1CCOCC1. The van der Waals surface area contributed by atoms with E-state index in [0.717, 1.165) is 32.6 Å². The summed E-state index contributed by atoms with van der Waals surface area (Å²) in [6.45, 7) is 9.40. The zero-order valence-electron chi connectivity index (χ0n) is 10.6. The predicted octanol–water partition coefficient (Wildman–Crippen LogP) is 1.47. The molecular formula is C12H26N2O. The van der Waals surface area contributed by atoms with Crippen LogP contribution in [-0.4, -0.2) is 43.8 Å². The van der Waals surface area contributed by atoms with E-state index in [1.807, 2.05) is 0 Å². The van der Waals surface area contributed by atoms with Gasteiger partial charge in [0.15, 0.2) is 0 Å². The number of nitrogens with zero attached hydrogens (tertiary/aromatic N) is 1. The van der Waals surface area contributed by atoms with Gasteiger partial charge in [-0.1, -0.05) is 20.8 Å². The van der Waals surface area contributed by atoms with Crippen molar-refractivity contribution < 1.29 is 4.74 Å². The van der Waals surface area contributed by atoms with E-state index in [1.54, 1.807) is 0 Å². The third kappa shape index (κ3) is 4.09. The fourth-order valence-electron chi connectivity index (χ4n) is 1.86. The van der Waals surface area contributed by atoms with Gasteiger partial charge in [0.05, 0.1) is 0 Å². The zero-order valence-corrected chi connectivity index (χ0v) is 10.6. The van der Waals surface area contributed by atoms with Gasteiger partial charge in [-0.3, -0.25) is 0 Å². The van der Waals surface area contributed by atoms with Crippen LogP contribution in [0.2, 0.25) is 0 Å². The summed E-state index contributed by atoms with van der Waals surface area (Å²) in [4.78, 5) is 2.40. The second-order valence-electron chi connectivity index (χ2n) is 5.76. The van der Waals surface area contributed by atoms with Crippen LogP contribution < -0.4 is 5.73 Å². The predicted molar refractivity (Wildman–Crippen MR) is 63.9 cm³/mol. The standard InChI is InChI=1S/C12H26N2O/c1-12(2,3)11(13)9-14(4)10-5-7-15-8-6-10/h10-11H,5-9,13H2,1-4H3. The van der Waals surface area contributed by atoms with E-state index in [1.165, 1.54) is 0 Å². The molecule has 1 fully saturated rings. The fourth-order valence-corrected chi connectivity index (χ4v) is 1.86. The Kier molecular flexibility index (Phi) is 4.56. The normalized spacial score (nSPS) is 22.0. The van der Waals surface area contributed by atoms with Crippen LogP contribution in [0.3, 0.4) is 0 Å². The van der Waals surface area contributed by atoms with Gasteiger partial charge in [0, 0.05) is 31.8 Å². The first kappa shape index (κ1) is 12.9. The highest BCUT2D eigenvalue weighted by Crippen LogP contribution is 2.20. The molecule has 1 saturated heterocycles. The Morgan fingerprint density at radius 3 is 2.33 bits per heavy atom. The molecule has 0 aliphatic carbocycles. The summed E-state index contributed by atoms with van der Waals surface area (Å²) in [5, 5.41) is 0. The highest BCUT2D eigenvalue weighted by Gasteiger charge is 2.25. The molecule has 0 amide bonds. The average molecular weight is 214 g/mol. The zero-order chi connectivity index (χ0) is 11.5. The fraction of sp³-hybridized carbons (Fsp3) is 1.00. The van der Waals surface area contributed by atoms with Crippen molar-refractivity contribution in [1.82, 2.24) is 4.90 Å². The molecule has 0 spiro atoms. The highest BCUT2D eigenvalue weighted by molar-refractivity contribution is 4.82. The monoisotopic (exact) mass is 214 g/mol. The van der Waals surface area contributed by atoms with Gasteiger partial charge in [0.1, 0.15) is 0 Å².